The Morgan fingerprint density at radius 3 is 2.84 bits per heavy atom. The lowest BCUT2D eigenvalue weighted by Crippen LogP contribution is -2.15. The summed E-state index contributed by atoms with van der Waals surface area (Å²) in [4.78, 5) is 27.9. The fourth-order valence-corrected chi connectivity index (χ4v) is 2.66. The summed E-state index contributed by atoms with van der Waals surface area (Å²) in [5.74, 6) is -3.13. The second-order valence-corrected chi connectivity index (χ2v) is 5.78. The molecule has 0 bridgehead atoms. The van der Waals surface area contributed by atoms with Crippen molar-refractivity contribution in [2.24, 2.45) is 0 Å². The molecule has 0 radical (unpaired) electrons. The zero-order chi connectivity index (χ0) is 17.8. The molecule has 1 aliphatic heterocycles. The second-order valence-electron chi connectivity index (χ2n) is 4.80. The number of esters is 1. The van der Waals surface area contributed by atoms with Crippen LogP contribution in [-0.4, -0.2) is 35.9 Å². The van der Waals surface area contributed by atoms with Gasteiger partial charge in [-0.3, -0.25) is 4.79 Å². The molecule has 0 spiro atoms. The summed E-state index contributed by atoms with van der Waals surface area (Å²) in [5.41, 5.74) is 0.164. The zero-order valence-electron chi connectivity index (χ0n) is 12.6. The van der Waals surface area contributed by atoms with Gasteiger partial charge < -0.3 is 14.2 Å². The molecule has 0 unspecified atom stereocenters. The fraction of sp³-hybridized carbons (Fsp3) is 0.188. The second kappa shape index (κ2) is 7.47. The lowest BCUT2D eigenvalue weighted by molar-refractivity contribution is 0.0470. The van der Waals surface area contributed by atoms with Gasteiger partial charge in [-0.25, -0.2) is 9.78 Å². The molecule has 9 heteroatoms. The first kappa shape index (κ1) is 17.2. The summed E-state index contributed by atoms with van der Waals surface area (Å²) in [6.07, 6.45) is 1.29. The number of aromatic nitrogens is 1. The van der Waals surface area contributed by atoms with Crippen molar-refractivity contribution in [2.45, 2.75) is 10.8 Å². The number of fused-ring (bicyclic) bond motifs is 1. The number of carbonyl (C=O) groups is 2. The molecule has 0 N–H and O–H groups in total. The number of pyridine rings is 1. The minimum absolute atomic E-state index is 0.0769. The third-order valence-electron chi connectivity index (χ3n) is 3.22. The molecule has 0 aliphatic carbocycles. The van der Waals surface area contributed by atoms with E-state index in [4.69, 9.17) is 14.2 Å². The van der Waals surface area contributed by atoms with Gasteiger partial charge in [-0.2, -0.15) is 8.78 Å². The molecule has 2 aromatic rings. The Kier molecular flexibility index (Phi) is 5.13. The van der Waals surface area contributed by atoms with E-state index in [1.54, 1.807) is 6.07 Å². The van der Waals surface area contributed by atoms with Gasteiger partial charge in [-0.1, -0.05) is 0 Å². The van der Waals surface area contributed by atoms with E-state index in [1.165, 1.54) is 30.5 Å². The third-order valence-corrected chi connectivity index (χ3v) is 3.95. The van der Waals surface area contributed by atoms with Gasteiger partial charge in [0.05, 0.1) is 5.56 Å². The first-order chi connectivity index (χ1) is 12.0. The minimum Gasteiger partial charge on any atom is -0.454 e. The van der Waals surface area contributed by atoms with Crippen LogP contribution in [0.1, 0.15) is 20.7 Å². The lowest BCUT2D eigenvalue weighted by Gasteiger charge is -2.08. The molecule has 1 aromatic heterocycles. The predicted octanol–water partition coefficient (Wildman–Crippen LogP) is 3.16. The summed E-state index contributed by atoms with van der Waals surface area (Å²) in [7, 11) is 0. The molecule has 130 valence electrons. The van der Waals surface area contributed by atoms with Crippen molar-refractivity contribution in [3.05, 3.63) is 47.7 Å². The number of thioether (sulfide) groups is 1. The molecular weight excluding hydrogens is 356 g/mol. The molecule has 6 nitrogen and oxygen atoms in total. The molecule has 25 heavy (non-hydrogen) atoms. The van der Waals surface area contributed by atoms with Gasteiger partial charge in [0, 0.05) is 11.8 Å². The smallest absolute Gasteiger partial charge is 0.341 e. The first-order valence-corrected chi connectivity index (χ1v) is 7.92. The van der Waals surface area contributed by atoms with Gasteiger partial charge in [0.1, 0.15) is 5.03 Å². The van der Waals surface area contributed by atoms with Crippen LogP contribution in [0.5, 0.6) is 11.5 Å². The number of hydrogen-bond acceptors (Lipinski definition) is 7. The van der Waals surface area contributed by atoms with Gasteiger partial charge >= 0.3 is 5.97 Å². The topological polar surface area (TPSA) is 74.7 Å². The van der Waals surface area contributed by atoms with E-state index in [1.807, 2.05) is 0 Å². The number of alkyl halides is 2. The summed E-state index contributed by atoms with van der Waals surface area (Å²) in [5, 5.41) is -0.155. The van der Waals surface area contributed by atoms with Crippen molar-refractivity contribution in [2.75, 3.05) is 13.4 Å². The maximum absolute atomic E-state index is 12.5. The standard InChI is InChI=1S/C16H11F2NO5S/c17-16(18)25-14-10(2-1-5-19-14)15(21)22-7-11(20)9-3-4-12-13(6-9)24-8-23-12/h1-6,16H,7-8H2. The maximum Gasteiger partial charge on any atom is 0.341 e. The van der Waals surface area contributed by atoms with Gasteiger partial charge in [0.15, 0.2) is 23.9 Å². The minimum atomic E-state index is -2.73. The van der Waals surface area contributed by atoms with E-state index in [-0.39, 0.29) is 34.7 Å². The van der Waals surface area contributed by atoms with E-state index < -0.39 is 24.1 Å². The molecule has 0 fully saturated rings. The maximum atomic E-state index is 12.5. The van der Waals surface area contributed by atoms with Gasteiger partial charge in [0.2, 0.25) is 6.79 Å². The highest BCUT2D eigenvalue weighted by Crippen LogP contribution is 2.32. The van der Waals surface area contributed by atoms with E-state index in [0.29, 0.717) is 11.5 Å². The fourth-order valence-electron chi connectivity index (χ4n) is 2.09. The van der Waals surface area contributed by atoms with Crippen LogP contribution in [0.25, 0.3) is 0 Å². The summed E-state index contributed by atoms with van der Waals surface area (Å²) in [6, 6.07) is 7.32. The number of nitrogens with zero attached hydrogens (tertiary/aromatic N) is 1. The van der Waals surface area contributed by atoms with Crippen LogP contribution in [0.15, 0.2) is 41.6 Å². The third kappa shape index (κ3) is 4.05. The Balaban J connectivity index is 1.65. The van der Waals surface area contributed by atoms with Crippen molar-refractivity contribution >= 4 is 23.5 Å². The van der Waals surface area contributed by atoms with Crippen LogP contribution in [0.4, 0.5) is 8.78 Å². The van der Waals surface area contributed by atoms with Crippen LogP contribution < -0.4 is 9.47 Å². The van der Waals surface area contributed by atoms with Gasteiger partial charge in [0.25, 0.3) is 5.76 Å². The summed E-state index contributed by atoms with van der Waals surface area (Å²) < 4.78 is 40.3. The molecule has 3 rings (SSSR count). The Labute approximate surface area is 145 Å². The number of benzene rings is 1. The highest BCUT2D eigenvalue weighted by Gasteiger charge is 2.20. The van der Waals surface area contributed by atoms with E-state index in [9.17, 15) is 18.4 Å². The summed E-state index contributed by atoms with van der Waals surface area (Å²) >= 11 is 0.137. The SMILES string of the molecule is O=C(COC(=O)c1cccnc1SC(F)F)c1ccc2c(c1)OCO2. The van der Waals surface area contributed by atoms with Crippen LogP contribution in [0, 0.1) is 0 Å². The number of rotatable bonds is 6. The van der Waals surface area contributed by atoms with Crippen LogP contribution in [0.3, 0.4) is 0 Å². The Morgan fingerprint density at radius 1 is 1.24 bits per heavy atom. The number of ether oxygens (including phenoxy) is 3. The number of halogens is 2. The Bertz CT molecular complexity index is 815. The zero-order valence-corrected chi connectivity index (χ0v) is 13.4. The number of Topliss-reactive ketones (excluding diaryl/α,β-unsaturated/α-hetero) is 1. The largest absolute Gasteiger partial charge is 0.454 e. The highest BCUT2D eigenvalue weighted by atomic mass is 32.2. The Hall–Kier alpha value is -2.68. The van der Waals surface area contributed by atoms with Crippen molar-refractivity contribution < 1.29 is 32.6 Å². The van der Waals surface area contributed by atoms with E-state index in [0.717, 1.165) is 0 Å². The highest BCUT2D eigenvalue weighted by molar-refractivity contribution is 7.99. The quantitative estimate of drug-likeness (QED) is 0.441. The molecule has 0 saturated carbocycles. The van der Waals surface area contributed by atoms with Crippen molar-refractivity contribution in [3.8, 4) is 11.5 Å². The molecular formula is C16H11F2NO5S. The number of ketones is 1. The summed E-state index contributed by atoms with van der Waals surface area (Å²) in [6.45, 7) is -0.459. The molecule has 1 aliphatic rings. The molecule has 0 amide bonds. The molecule has 2 heterocycles. The van der Waals surface area contributed by atoms with Crippen molar-refractivity contribution in [3.63, 3.8) is 0 Å². The van der Waals surface area contributed by atoms with Crippen molar-refractivity contribution in [1.82, 2.24) is 4.98 Å². The van der Waals surface area contributed by atoms with Gasteiger partial charge in [-0.05, 0) is 42.1 Å². The molecule has 1 aromatic carbocycles. The lowest BCUT2D eigenvalue weighted by atomic mass is 10.1. The number of carbonyl (C=O) groups excluding carboxylic acids is 2. The van der Waals surface area contributed by atoms with E-state index in [2.05, 4.69) is 4.98 Å². The van der Waals surface area contributed by atoms with Gasteiger partial charge in [-0.15, -0.1) is 0 Å². The molecule has 0 atom stereocenters. The first-order valence-electron chi connectivity index (χ1n) is 7.04. The predicted molar refractivity (Wildman–Crippen MR) is 83.3 cm³/mol. The van der Waals surface area contributed by atoms with Crippen LogP contribution >= 0.6 is 11.8 Å². The number of hydrogen-bond donors (Lipinski definition) is 0. The normalized spacial score (nSPS) is 12.3. The Morgan fingerprint density at radius 2 is 2.04 bits per heavy atom. The van der Waals surface area contributed by atoms with E-state index >= 15 is 0 Å². The monoisotopic (exact) mass is 367 g/mol. The average molecular weight is 367 g/mol. The average Bonchev–Trinajstić information content (AvgIpc) is 3.07. The molecule has 0 saturated heterocycles. The van der Waals surface area contributed by atoms with Crippen LogP contribution in [0.2, 0.25) is 0 Å². The van der Waals surface area contributed by atoms with Crippen LogP contribution in [-0.2, 0) is 4.74 Å². The van der Waals surface area contributed by atoms with Crippen molar-refractivity contribution in [1.29, 1.82) is 0 Å².